The van der Waals surface area contributed by atoms with Crippen molar-refractivity contribution in [3.63, 3.8) is 0 Å². The molecule has 0 heterocycles. The Kier molecular flexibility index (Phi) is 6.22. The van der Waals surface area contributed by atoms with Crippen molar-refractivity contribution in [3.05, 3.63) is 35.9 Å². The number of thioether (sulfide) groups is 1. The normalized spacial score (nSPS) is 11.3. The number of rotatable bonds is 7. The summed E-state index contributed by atoms with van der Waals surface area (Å²) in [4.78, 5) is 11.6. The van der Waals surface area contributed by atoms with Gasteiger partial charge in [0.1, 0.15) is 0 Å². The number of hydrogen-bond acceptors (Lipinski definition) is 3. The zero-order valence-electron chi connectivity index (χ0n) is 11.3. The SMILES string of the molecule is CSC(C)(C)CNCC(=O)NCc1ccccc1. The van der Waals surface area contributed by atoms with E-state index in [1.807, 2.05) is 30.3 Å². The minimum atomic E-state index is 0.0377. The Morgan fingerprint density at radius 3 is 2.56 bits per heavy atom. The Bertz CT molecular complexity index is 365. The molecule has 0 atom stereocenters. The standard InChI is InChI=1S/C14H22N2OS/c1-14(2,18-3)11-15-10-13(17)16-9-12-7-5-4-6-8-12/h4-8,15H,9-11H2,1-3H3,(H,16,17). The van der Waals surface area contributed by atoms with E-state index in [1.165, 1.54) is 0 Å². The van der Waals surface area contributed by atoms with E-state index in [4.69, 9.17) is 0 Å². The monoisotopic (exact) mass is 266 g/mol. The van der Waals surface area contributed by atoms with Gasteiger partial charge in [0, 0.05) is 17.8 Å². The van der Waals surface area contributed by atoms with Crippen LogP contribution < -0.4 is 10.6 Å². The summed E-state index contributed by atoms with van der Waals surface area (Å²) in [5.74, 6) is 0.0377. The molecule has 0 aromatic heterocycles. The highest BCUT2D eigenvalue weighted by Crippen LogP contribution is 2.19. The number of nitrogens with one attached hydrogen (secondary N) is 2. The fraction of sp³-hybridized carbons (Fsp3) is 0.500. The average Bonchev–Trinajstić information content (AvgIpc) is 2.37. The highest BCUT2D eigenvalue weighted by Gasteiger charge is 2.15. The molecule has 0 spiro atoms. The van der Waals surface area contributed by atoms with Crippen LogP contribution in [0.15, 0.2) is 30.3 Å². The van der Waals surface area contributed by atoms with Crippen molar-refractivity contribution in [1.29, 1.82) is 0 Å². The van der Waals surface area contributed by atoms with Gasteiger partial charge in [0.2, 0.25) is 5.91 Å². The average molecular weight is 266 g/mol. The third-order valence-corrected chi connectivity index (χ3v) is 3.97. The Hall–Kier alpha value is -1.00. The molecule has 1 aromatic carbocycles. The number of carbonyl (C=O) groups excluding carboxylic acids is 1. The lowest BCUT2D eigenvalue weighted by Gasteiger charge is -2.22. The number of amides is 1. The topological polar surface area (TPSA) is 41.1 Å². The zero-order chi connectivity index (χ0) is 13.4. The van der Waals surface area contributed by atoms with Gasteiger partial charge in [-0.2, -0.15) is 11.8 Å². The third kappa shape index (κ3) is 6.07. The summed E-state index contributed by atoms with van der Waals surface area (Å²) in [6, 6.07) is 9.92. The first-order chi connectivity index (χ1) is 8.53. The van der Waals surface area contributed by atoms with Gasteiger partial charge in [-0.05, 0) is 25.7 Å². The van der Waals surface area contributed by atoms with E-state index in [0.29, 0.717) is 13.1 Å². The molecule has 0 fully saturated rings. The largest absolute Gasteiger partial charge is 0.351 e. The van der Waals surface area contributed by atoms with Crippen LogP contribution >= 0.6 is 11.8 Å². The van der Waals surface area contributed by atoms with Crippen molar-refractivity contribution in [1.82, 2.24) is 10.6 Å². The summed E-state index contributed by atoms with van der Waals surface area (Å²) in [6.45, 7) is 6.11. The molecule has 4 heteroatoms. The molecule has 0 aliphatic heterocycles. The minimum absolute atomic E-state index is 0.0377. The van der Waals surface area contributed by atoms with Crippen molar-refractivity contribution >= 4 is 17.7 Å². The Balaban J connectivity index is 2.19. The summed E-state index contributed by atoms with van der Waals surface area (Å²) in [5, 5.41) is 6.07. The maximum absolute atomic E-state index is 11.6. The van der Waals surface area contributed by atoms with Gasteiger partial charge in [-0.1, -0.05) is 30.3 Å². The second kappa shape index (κ2) is 7.44. The lowest BCUT2D eigenvalue weighted by Crippen LogP contribution is -2.39. The molecule has 1 rings (SSSR count). The van der Waals surface area contributed by atoms with Gasteiger partial charge in [-0.15, -0.1) is 0 Å². The van der Waals surface area contributed by atoms with Crippen LogP contribution in [-0.2, 0) is 11.3 Å². The molecule has 0 aliphatic carbocycles. The molecule has 1 amide bonds. The molecular weight excluding hydrogens is 244 g/mol. The Morgan fingerprint density at radius 1 is 1.28 bits per heavy atom. The maximum Gasteiger partial charge on any atom is 0.234 e. The molecule has 0 bridgehead atoms. The fourth-order valence-corrected chi connectivity index (χ4v) is 1.65. The second-order valence-electron chi connectivity index (χ2n) is 4.83. The molecule has 3 nitrogen and oxygen atoms in total. The first kappa shape index (κ1) is 15.1. The smallest absolute Gasteiger partial charge is 0.234 e. The van der Waals surface area contributed by atoms with Crippen molar-refractivity contribution in [2.75, 3.05) is 19.3 Å². The fourth-order valence-electron chi connectivity index (χ4n) is 1.41. The van der Waals surface area contributed by atoms with Crippen LogP contribution in [0.3, 0.4) is 0 Å². The van der Waals surface area contributed by atoms with E-state index in [2.05, 4.69) is 30.7 Å². The van der Waals surface area contributed by atoms with Gasteiger partial charge >= 0.3 is 0 Å². The highest BCUT2D eigenvalue weighted by molar-refractivity contribution is 7.99. The van der Waals surface area contributed by atoms with Crippen LogP contribution in [-0.4, -0.2) is 30.0 Å². The van der Waals surface area contributed by atoms with E-state index in [9.17, 15) is 4.79 Å². The van der Waals surface area contributed by atoms with E-state index < -0.39 is 0 Å². The summed E-state index contributed by atoms with van der Waals surface area (Å²) >= 11 is 1.79. The molecule has 2 N–H and O–H groups in total. The lowest BCUT2D eigenvalue weighted by atomic mass is 10.2. The summed E-state index contributed by atoms with van der Waals surface area (Å²) in [6.07, 6.45) is 2.08. The van der Waals surface area contributed by atoms with Crippen molar-refractivity contribution < 1.29 is 4.79 Å². The highest BCUT2D eigenvalue weighted by atomic mass is 32.2. The first-order valence-corrected chi connectivity index (χ1v) is 7.32. The summed E-state index contributed by atoms with van der Waals surface area (Å²) < 4.78 is 0.166. The van der Waals surface area contributed by atoms with Gasteiger partial charge in [-0.25, -0.2) is 0 Å². The van der Waals surface area contributed by atoms with Crippen molar-refractivity contribution in [3.8, 4) is 0 Å². The van der Waals surface area contributed by atoms with E-state index in [0.717, 1.165) is 12.1 Å². The predicted octanol–water partition coefficient (Wildman–Crippen LogP) is 2.03. The van der Waals surface area contributed by atoms with Gasteiger partial charge < -0.3 is 10.6 Å². The molecule has 0 saturated carbocycles. The third-order valence-electron chi connectivity index (χ3n) is 2.72. The molecule has 100 valence electrons. The molecule has 0 saturated heterocycles. The summed E-state index contributed by atoms with van der Waals surface area (Å²) in [5.41, 5.74) is 1.12. The predicted molar refractivity (Wildman–Crippen MR) is 78.8 cm³/mol. The van der Waals surface area contributed by atoms with E-state index in [-0.39, 0.29) is 10.7 Å². The van der Waals surface area contributed by atoms with Gasteiger partial charge in [0.15, 0.2) is 0 Å². The Morgan fingerprint density at radius 2 is 1.94 bits per heavy atom. The molecular formula is C14H22N2OS. The first-order valence-electron chi connectivity index (χ1n) is 6.10. The molecule has 0 unspecified atom stereocenters. The van der Waals surface area contributed by atoms with Gasteiger partial charge in [-0.3, -0.25) is 4.79 Å². The quantitative estimate of drug-likeness (QED) is 0.793. The molecule has 0 aliphatic rings. The number of hydrogen-bond donors (Lipinski definition) is 2. The van der Waals surface area contributed by atoms with Crippen LogP contribution in [0.4, 0.5) is 0 Å². The van der Waals surface area contributed by atoms with Crippen LogP contribution in [0, 0.1) is 0 Å². The van der Waals surface area contributed by atoms with Crippen molar-refractivity contribution in [2.45, 2.75) is 25.1 Å². The van der Waals surface area contributed by atoms with Crippen LogP contribution in [0.25, 0.3) is 0 Å². The lowest BCUT2D eigenvalue weighted by molar-refractivity contribution is -0.120. The number of benzene rings is 1. The van der Waals surface area contributed by atoms with Crippen LogP contribution in [0.5, 0.6) is 0 Å². The zero-order valence-corrected chi connectivity index (χ0v) is 12.1. The molecule has 1 aromatic rings. The van der Waals surface area contributed by atoms with Crippen LogP contribution in [0.2, 0.25) is 0 Å². The maximum atomic E-state index is 11.6. The minimum Gasteiger partial charge on any atom is -0.351 e. The Labute approximate surface area is 114 Å². The second-order valence-corrected chi connectivity index (χ2v) is 6.34. The molecule has 18 heavy (non-hydrogen) atoms. The van der Waals surface area contributed by atoms with E-state index in [1.54, 1.807) is 11.8 Å². The number of carbonyl (C=O) groups is 1. The van der Waals surface area contributed by atoms with E-state index >= 15 is 0 Å². The molecule has 0 radical (unpaired) electrons. The van der Waals surface area contributed by atoms with Gasteiger partial charge in [0.25, 0.3) is 0 Å². The summed E-state index contributed by atoms with van der Waals surface area (Å²) in [7, 11) is 0. The van der Waals surface area contributed by atoms with Crippen molar-refractivity contribution in [2.24, 2.45) is 0 Å². The van der Waals surface area contributed by atoms with Crippen LogP contribution in [0.1, 0.15) is 19.4 Å². The van der Waals surface area contributed by atoms with Gasteiger partial charge in [0.05, 0.1) is 6.54 Å².